The minimum absolute atomic E-state index is 0.0464. The first-order valence-corrected chi connectivity index (χ1v) is 8.32. The van der Waals surface area contributed by atoms with E-state index >= 15 is 0 Å². The Morgan fingerprint density at radius 2 is 1.95 bits per heavy atom. The molecule has 0 saturated carbocycles. The first-order chi connectivity index (χ1) is 10.6. The molecule has 3 rings (SSSR count). The van der Waals surface area contributed by atoms with Crippen molar-refractivity contribution in [3.8, 4) is 11.5 Å². The predicted molar refractivity (Wildman–Crippen MR) is 86.8 cm³/mol. The highest BCUT2D eigenvalue weighted by Gasteiger charge is 2.22. The summed E-state index contributed by atoms with van der Waals surface area (Å²) in [6, 6.07) is 7.64. The van der Waals surface area contributed by atoms with Gasteiger partial charge in [-0.25, -0.2) is 0 Å². The van der Waals surface area contributed by atoms with Crippen molar-refractivity contribution in [1.82, 2.24) is 5.32 Å². The van der Waals surface area contributed by atoms with Gasteiger partial charge in [-0.2, -0.15) is 11.3 Å². The summed E-state index contributed by atoms with van der Waals surface area (Å²) in [5.41, 5.74) is 1.73. The van der Waals surface area contributed by atoms with Crippen LogP contribution in [0.5, 0.6) is 11.5 Å². The summed E-state index contributed by atoms with van der Waals surface area (Å²) in [4.78, 5) is 12.3. The number of nitrogens with one attached hydrogen (secondary N) is 1. The van der Waals surface area contributed by atoms with Crippen molar-refractivity contribution in [1.29, 1.82) is 0 Å². The van der Waals surface area contributed by atoms with Crippen molar-refractivity contribution in [3.05, 3.63) is 46.2 Å². The molecule has 22 heavy (non-hydrogen) atoms. The molecule has 0 saturated heterocycles. The molecule has 0 radical (unpaired) electrons. The molecule has 2 aromatic rings. The first-order valence-electron chi connectivity index (χ1n) is 7.38. The lowest BCUT2D eigenvalue weighted by Gasteiger charge is -2.25. The molecule has 0 aliphatic carbocycles. The van der Waals surface area contributed by atoms with Crippen LogP contribution >= 0.6 is 11.3 Å². The van der Waals surface area contributed by atoms with E-state index in [4.69, 9.17) is 9.47 Å². The second-order valence-corrected chi connectivity index (χ2v) is 6.39. The molecule has 1 N–H and O–H groups in total. The number of benzene rings is 1. The topological polar surface area (TPSA) is 47.6 Å². The monoisotopic (exact) mass is 317 g/mol. The minimum Gasteiger partial charge on any atom is -0.486 e. The van der Waals surface area contributed by atoms with E-state index in [1.165, 1.54) is 11.3 Å². The fourth-order valence-corrected chi connectivity index (χ4v) is 3.14. The third kappa shape index (κ3) is 3.09. The zero-order valence-electron chi connectivity index (χ0n) is 12.7. The highest BCUT2D eigenvalue weighted by Crippen LogP contribution is 2.34. The Labute approximate surface area is 134 Å². The molecule has 1 aliphatic heterocycles. The third-order valence-corrected chi connectivity index (χ3v) is 4.35. The number of thiophene rings is 1. The second-order valence-electron chi connectivity index (χ2n) is 5.61. The van der Waals surface area contributed by atoms with Crippen molar-refractivity contribution < 1.29 is 14.3 Å². The van der Waals surface area contributed by atoms with Crippen LogP contribution in [0.3, 0.4) is 0 Å². The maximum Gasteiger partial charge on any atom is 0.252 e. The zero-order chi connectivity index (χ0) is 15.5. The van der Waals surface area contributed by atoms with Gasteiger partial charge in [0.05, 0.1) is 11.6 Å². The van der Waals surface area contributed by atoms with E-state index in [1.54, 1.807) is 0 Å². The molecule has 0 unspecified atom stereocenters. The molecule has 0 bridgehead atoms. The Morgan fingerprint density at radius 1 is 1.18 bits per heavy atom. The summed E-state index contributed by atoms with van der Waals surface area (Å²) in [5, 5.41) is 6.88. The largest absolute Gasteiger partial charge is 0.486 e. The number of hydrogen-bond acceptors (Lipinski definition) is 4. The lowest BCUT2D eigenvalue weighted by Crippen LogP contribution is -2.31. The van der Waals surface area contributed by atoms with Gasteiger partial charge >= 0.3 is 0 Å². The Kier molecular flexibility index (Phi) is 4.34. The van der Waals surface area contributed by atoms with E-state index < -0.39 is 0 Å². The third-order valence-electron chi connectivity index (χ3n) is 3.66. The van der Waals surface area contributed by atoms with E-state index in [-0.39, 0.29) is 17.9 Å². The van der Waals surface area contributed by atoms with E-state index in [9.17, 15) is 4.79 Å². The van der Waals surface area contributed by atoms with Crippen LogP contribution in [0.25, 0.3) is 0 Å². The molecule has 2 heterocycles. The molecule has 1 aromatic heterocycles. The molecule has 1 atom stereocenters. The Bertz CT molecular complexity index is 652. The zero-order valence-corrected chi connectivity index (χ0v) is 13.5. The molecule has 1 aliphatic rings. The van der Waals surface area contributed by atoms with Crippen molar-refractivity contribution in [2.75, 3.05) is 13.2 Å². The average molecular weight is 317 g/mol. The van der Waals surface area contributed by atoms with Gasteiger partial charge in [0.1, 0.15) is 13.2 Å². The average Bonchev–Trinajstić information content (AvgIpc) is 3.06. The number of carbonyl (C=O) groups excluding carboxylic acids is 1. The van der Waals surface area contributed by atoms with Gasteiger partial charge in [-0.05, 0) is 35.1 Å². The van der Waals surface area contributed by atoms with E-state index in [0.717, 1.165) is 17.1 Å². The number of rotatable bonds is 4. The molecule has 5 heteroatoms. The first kappa shape index (κ1) is 14.9. The molecular weight excluding hydrogens is 298 g/mol. The van der Waals surface area contributed by atoms with Gasteiger partial charge in [0.25, 0.3) is 5.91 Å². The van der Waals surface area contributed by atoms with Crippen LogP contribution in [0.15, 0.2) is 35.0 Å². The van der Waals surface area contributed by atoms with Gasteiger partial charge in [0, 0.05) is 5.38 Å². The van der Waals surface area contributed by atoms with Crippen molar-refractivity contribution >= 4 is 17.2 Å². The molecule has 1 amide bonds. The van der Waals surface area contributed by atoms with E-state index in [0.29, 0.717) is 18.8 Å². The number of ether oxygens (including phenoxy) is 2. The second kappa shape index (κ2) is 6.40. The molecule has 116 valence electrons. The van der Waals surface area contributed by atoms with Gasteiger partial charge in [0.15, 0.2) is 11.5 Å². The van der Waals surface area contributed by atoms with Crippen LogP contribution in [0.1, 0.15) is 35.8 Å². The summed E-state index contributed by atoms with van der Waals surface area (Å²) < 4.78 is 11.2. The molecule has 0 spiro atoms. The number of fused-ring (bicyclic) bond motifs is 1. The lowest BCUT2D eigenvalue weighted by atomic mass is 9.95. The molecular formula is C17H19NO3S. The highest BCUT2D eigenvalue weighted by molar-refractivity contribution is 7.08. The predicted octanol–water partition coefficient (Wildman–Crippen LogP) is 3.65. The van der Waals surface area contributed by atoms with Crippen LogP contribution in [-0.2, 0) is 0 Å². The van der Waals surface area contributed by atoms with Crippen LogP contribution < -0.4 is 14.8 Å². The van der Waals surface area contributed by atoms with Crippen LogP contribution in [0, 0.1) is 5.92 Å². The molecule has 0 fully saturated rings. The smallest absolute Gasteiger partial charge is 0.252 e. The Hall–Kier alpha value is -2.01. The number of hydrogen-bond donors (Lipinski definition) is 1. The quantitative estimate of drug-likeness (QED) is 0.936. The summed E-state index contributed by atoms with van der Waals surface area (Å²) in [6.07, 6.45) is 0. The summed E-state index contributed by atoms with van der Waals surface area (Å²) in [7, 11) is 0. The maximum absolute atomic E-state index is 12.3. The van der Waals surface area contributed by atoms with Gasteiger partial charge in [0.2, 0.25) is 0 Å². The normalized spacial score (nSPS) is 14.7. The Balaban J connectivity index is 1.83. The maximum atomic E-state index is 12.3. The minimum atomic E-state index is -0.0665. The Morgan fingerprint density at radius 3 is 2.64 bits per heavy atom. The standard InChI is InChI=1S/C17H19NO3S/c1-11(2)16(18-17(19)13-5-8-22-10-13)12-3-4-14-15(9-12)21-7-6-20-14/h3-5,8-11,16H,6-7H2,1-2H3,(H,18,19)/t16-/m1/s1. The highest BCUT2D eigenvalue weighted by atomic mass is 32.1. The van der Waals surface area contributed by atoms with E-state index in [1.807, 2.05) is 35.0 Å². The van der Waals surface area contributed by atoms with Crippen molar-refractivity contribution in [3.63, 3.8) is 0 Å². The van der Waals surface area contributed by atoms with E-state index in [2.05, 4.69) is 19.2 Å². The number of carbonyl (C=O) groups is 1. The summed E-state index contributed by atoms with van der Waals surface area (Å²) in [6.45, 7) is 5.32. The fourth-order valence-electron chi connectivity index (χ4n) is 2.51. The fraction of sp³-hybridized carbons (Fsp3) is 0.353. The molecule has 4 nitrogen and oxygen atoms in total. The summed E-state index contributed by atoms with van der Waals surface area (Å²) in [5.74, 6) is 1.74. The molecule has 1 aromatic carbocycles. The van der Waals surface area contributed by atoms with Crippen molar-refractivity contribution in [2.24, 2.45) is 5.92 Å². The lowest BCUT2D eigenvalue weighted by molar-refractivity contribution is 0.0926. The van der Waals surface area contributed by atoms with Gasteiger partial charge in [-0.15, -0.1) is 0 Å². The summed E-state index contributed by atoms with van der Waals surface area (Å²) >= 11 is 1.52. The SMILES string of the molecule is CC(C)[C@@H](NC(=O)c1ccsc1)c1ccc2c(c1)OCCO2. The van der Waals surface area contributed by atoms with Crippen LogP contribution in [-0.4, -0.2) is 19.1 Å². The van der Waals surface area contributed by atoms with Gasteiger partial charge < -0.3 is 14.8 Å². The number of amides is 1. The van der Waals surface area contributed by atoms with Crippen molar-refractivity contribution in [2.45, 2.75) is 19.9 Å². The van der Waals surface area contributed by atoms with Gasteiger partial charge in [-0.1, -0.05) is 19.9 Å². The van der Waals surface area contributed by atoms with Gasteiger partial charge in [-0.3, -0.25) is 4.79 Å². The van der Waals surface area contributed by atoms with Crippen LogP contribution in [0.2, 0.25) is 0 Å². The van der Waals surface area contributed by atoms with Crippen LogP contribution in [0.4, 0.5) is 0 Å².